The van der Waals surface area contributed by atoms with Crippen molar-refractivity contribution in [1.29, 1.82) is 0 Å². The third kappa shape index (κ3) is 3.11. The number of hydrogen-bond acceptors (Lipinski definition) is 3. The minimum Gasteiger partial charge on any atom is -0.451 e. The number of amides is 1. The summed E-state index contributed by atoms with van der Waals surface area (Å²) in [6, 6.07) is 9.78. The lowest BCUT2D eigenvalue weighted by molar-refractivity contribution is 0.0928. The van der Waals surface area contributed by atoms with E-state index in [1.54, 1.807) is 6.07 Å². The summed E-state index contributed by atoms with van der Waals surface area (Å²) in [5.41, 5.74) is 0.739. The molecule has 0 fully saturated rings. The van der Waals surface area contributed by atoms with Crippen molar-refractivity contribution in [3.63, 3.8) is 0 Å². The Hall–Kier alpha value is -1.81. The zero-order valence-electron chi connectivity index (χ0n) is 10.7. The van der Waals surface area contributed by atoms with Crippen molar-refractivity contribution in [3.05, 3.63) is 36.1 Å². The molecule has 0 aliphatic heterocycles. The van der Waals surface area contributed by atoms with Crippen LogP contribution in [0.5, 0.6) is 0 Å². The second kappa shape index (κ2) is 5.69. The van der Waals surface area contributed by atoms with Gasteiger partial charge in [0.25, 0.3) is 5.91 Å². The molecule has 0 aliphatic rings. The summed E-state index contributed by atoms with van der Waals surface area (Å²) in [6.07, 6.45) is 0. The predicted molar refractivity (Wildman–Crippen MR) is 71.7 cm³/mol. The van der Waals surface area contributed by atoms with E-state index in [0.29, 0.717) is 18.3 Å². The first kappa shape index (κ1) is 12.6. The number of fused-ring (bicyclic) bond motifs is 1. The molecule has 2 aromatic rings. The molecule has 4 nitrogen and oxygen atoms in total. The van der Waals surface area contributed by atoms with Crippen LogP contribution in [0.4, 0.5) is 0 Å². The molecule has 0 radical (unpaired) electrons. The van der Waals surface area contributed by atoms with Gasteiger partial charge in [-0.15, -0.1) is 0 Å². The van der Waals surface area contributed by atoms with E-state index in [4.69, 9.17) is 4.42 Å². The van der Waals surface area contributed by atoms with Crippen molar-refractivity contribution in [2.75, 3.05) is 13.1 Å². The largest absolute Gasteiger partial charge is 0.451 e. The Morgan fingerprint density at radius 3 is 2.78 bits per heavy atom. The van der Waals surface area contributed by atoms with E-state index in [0.717, 1.165) is 17.5 Å². The van der Waals surface area contributed by atoms with E-state index >= 15 is 0 Å². The van der Waals surface area contributed by atoms with Gasteiger partial charge in [-0.25, -0.2) is 0 Å². The van der Waals surface area contributed by atoms with Crippen LogP contribution in [-0.2, 0) is 0 Å². The summed E-state index contributed by atoms with van der Waals surface area (Å²) in [5, 5.41) is 7.00. The van der Waals surface area contributed by atoms with Crippen LogP contribution in [0.3, 0.4) is 0 Å². The predicted octanol–water partition coefficient (Wildman–Crippen LogP) is 2.16. The van der Waals surface area contributed by atoms with Crippen molar-refractivity contribution in [3.8, 4) is 0 Å². The Morgan fingerprint density at radius 1 is 1.28 bits per heavy atom. The fourth-order valence-corrected chi connectivity index (χ4v) is 1.72. The summed E-state index contributed by atoms with van der Waals surface area (Å²) < 4.78 is 5.48. The molecule has 2 N–H and O–H groups in total. The maximum Gasteiger partial charge on any atom is 0.287 e. The third-order valence-electron chi connectivity index (χ3n) is 2.61. The zero-order chi connectivity index (χ0) is 13.0. The van der Waals surface area contributed by atoms with Gasteiger partial charge in [0, 0.05) is 24.5 Å². The maximum absolute atomic E-state index is 11.8. The fraction of sp³-hybridized carbons (Fsp3) is 0.357. The molecule has 1 aromatic heterocycles. The second-order valence-electron chi connectivity index (χ2n) is 4.51. The standard InChI is InChI=1S/C14H18N2O2/c1-10(2)15-7-8-16-14(17)13-9-11-5-3-4-6-12(11)18-13/h3-6,9-10,15H,7-8H2,1-2H3,(H,16,17). The van der Waals surface area contributed by atoms with Gasteiger partial charge in [-0.2, -0.15) is 0 Å². The van der Waals surface area contributed by atoms with Crippen molar-refractivity contribution < 1.29 is 9.21 Å². The molecule has 4 heteroatoms. The van der Waals surface area contributed by atoms with Crippen molar-refractivity contribution in [2.45, 2.75) is 19.9 Å². The molecule has 18 heavy (non-hydrogen) atoms. The van der Waals surface area contributed by atoms with Crippen LogP contribution in [0.15, 0.2) is 34.7 Å². The summed E-state index contributed by atoms with van der Waals surface area (Å²) in [7, 11) is 0. The Morgan fingerprint density at radius 2 is 2.06 bits per heavy atom. The third-order valence-corrected chi connectivity index (χ3v) is 2.61. The highest BCUT2D eigenvalue weighted by atomic mass is 16.3. The number of carbonyl (C=O) groups excluding carboxylic acids is 1. The van der Waals surface area contributed by atoms with Crippen LogP contribution < -0.4 is 10.6 Å². The van der Waals surface area contributed by atoms with E-state index in [-0.39, 0.29) is 5.91 Å². The van der Waals surface area contributed by atoms with Gasteiger partial charge in [0.05, 0.1) is 0 Å². The van der Waals surface area contributed by atoms with Gasteiger partial charge in [0.2, 0.25) is 0 Å². The van der Waals surface area contributed by atoms with Gasteiger partial charge in [-0.1, -0.05) is 32.0 Å². The number of rotatable bonds is 5. The number of carbonyl (C=O) groups is 1. The van der Waals surface area contributed by atoms with Gasteiger partial charge in [-0.3, -0.25) is 4.79 Å². The number of para-hydroxylation sites is 1. The smallest absolute Gasteiger partial charge is 0.287 e. The molecule has 1 amide bonds. The minimum absolute atomic E-state index is 0.170. The highest BCUT2D eigenvalue weighted by Gasteiger charge is 2.10. The average molecular weight is 246 g/mol. The quantitative estimate of drug-likeness (QED) is 0.795. The Bertz CT molecular complexity index is 498. The first-order chi connectivity index (χ1) is 8.66. The average Bonchev–Trinajstić information content (AvgIpc) is 2.78. The zero-order valence-corrected chi connectivity index (χ0v) is 10.7. The number of nitrogens with one attached hydrogen (secondary N) is 2. The lowest BCUT2D eigenvalue weighted by atomic mass is 10.2. The number of furan rings is 1. The fourth-order valence-electron chi connectivity index (χ4n) is 1.72. The molecule has 0 atom stereocenters. The molecular weight excluding hydrogens is 228 g/mol. The van der Waals surface area contributed by atoms with Gasteiger partial charge in [0.1, 0.15) is 5.58 Å². The summed E-state index contributed by atoms with van der Waals surface area (Å²) in [6.45, 7) is 5.49. The van der Waals surface area contributed by atoms with E-state index in [1.807, 2.05) is 24.3 Å². The summed E-state index contributed by atoms with van der Waals surface area (Å²) in [5.74, 6) is 0.192. The molecule has 1 aromatic carbocycles. The molecule has 0 saturated heterocycles. The maximum atomic E-state index is 11.8. The molecule has 0 spiro atoms. The van der Waals surface area contributed by atoms with Crippen LogP contribution in [-0.4, -0.2) is 25.0 Å². The number of benzene rings is 1. The highest BCUT2D eigenvalue weighted by Crippen LogP contribution is 2.18. The van der Waals surface area contributed by atoms with Crippen LogP contribution in [0.25, 0.3) is 11.0 Å². The monoisotopic (exact) mass is 246 g/mol. The SMILES string of the molecule is CC(C)NCCNC(=O)c1cc2ccccc2o1. The van der Waals surface area contributed by atoms with Gasteiger partial charge in [0.15, 0.2) is 5.76 Å². The Labute approximate surface area is 106 Å². The van der Waals surface area contributed by atoms with Crippen molar-refractivity contribution in [1.82, 2.24) is 10.6 Å². The molecule has 1 heterocycles. The molecule has 2 rings (SSSR count). The van der Waals surface area contributed by atoms with Crippen LogP contribution >= 0.6 is 0 Å². The van der Waals surface area contributed by atoms with Gasteiger partial charge >= 0.3 is 0 Å². The van der Waals surface area contributed by atoms with Crippen molar-refractivity contribution >= 4 is 16.9 Å². The summed E-state index contributed by atoms with van der Waals surface area (Å²) in [4.78, 5) is 11.8. The number of hydrogen-bond donors (Lipinski definition) is 2. The normalized spacial score (nSPS) is 11.1. The molecule has 0 bridgehead atoms. The lowest BCUT2D eigenvalue weighted by Crippen LogP contribution is -2.34. The van der Waals surface area contributed by atoms with Gasteiger partial charge < -0.3 is 15.1 Å². The van der Waals surface area contributed by atoms with E-state index < -0.39 is 0 Å². The Balaban J connectivity index is 1.92. The first-order valence-corrected chi connectivity index (χ1v) is 6.17. The highest BCUT2D eigenvalue weighted by molar-refractivity contribution is 5.96. The van der Waals surface area contributed by atoms with E-state index in [9.17, 15) is 4.79 Å². The summed E-state index contributed by atoms with van der Waals surface area (Å²) >= 11 is 0. The van der Waals surface area contributed by atoms with Crippen LogP contribution in [0, 0.1) is 0 Å². The molecule has 0 aliphatic carbocycles. The van der Waals surface area contributed by atoms with E-state index in [2.05, 4.69) is 24.5 Å². The molecular formula is C14H18N2O2. The van der Waals surface area contributed by atoms with Crippen LogP contribution in [0.1, 0.15) is 24.4 Å². The first-order valence-electron chi connectivity index (χ1n) is 6.17. The van der Waals surface area contributed by atoms with E-state index in [1.165, 1.54) is 0 Å². The minimum atomic E-state index is -0.170. The Kier molecular flexibility index (Phi) is 3.99. The molecule has 0 saturated carbocycles. The second-order valence-corrected chi connectivity index (χ2v) is 4.51. The van der Waals surface area contributed by atoms with Crippen molar-refractivity contribution in [2.24, 2.45) is 0 Å². The topological polar surface area (TPSA) is 54.3 Å². The molecule has 0 unspecified atom stereocenters. The van der Waals surface area contributed by atoms with Gasteiger partial charge in [-0.05, 0) is 12.1 Å². The molecule has 96 valence electrons. The van der Waals surface area contributed by atoms with Crippen LogP contribution in [0.2, 0.25) is 0 Å². The lowest BCUT2D eigenvalue weighted by Gasteiger charge is -2.07.